The SMILES string of the molecule is NC(=O)c1[nH]c2ccc(Cl)cc2c1S(=O)(=O)C1(N)N=NN=N1. The summed E-state index contributed by atoms with van der Waals surface area (Å²) in [5.41, 5.74) is 10.8. The quantitative estimate of drug-likeness (QED) is 0.759. The van der Waals surface area contributed by atoms with Gasteiger partial charge >= 0.3 is 5.12 Å². The predicted octanol–water partition coefficient (Wildman–Crippen LogP) is 1.10. The molecular weight excluding hydrogens is 334 g/mol. The van der Waals surface area contributed by atoms with Crippen molar-refractivity contribution in [3.8, 4) is 0 Å². The van der Waals surface area contributed by atoms with Crippen LogP contribution in [0.1, 0.15) is 10.5 Å². The Balaban J connectivity index is 2.41. The molecule has 0 saturated heterocycles. The van der Waals surface area contributed by atoms with E-state index in [4.69, 9.17) is 23.1 Å². The fourth-order valence-corrected chi connectivity index (χ4v) is 3.68. The number of sulfone groups is 1. The average Bonchev–Trinajstić information content (AvgIpc) is 3.03. The van der Waals surface area contributed by atoms with Gasteiger partial charge in [0.2, 0.25) is 9.84 Å². The van der Waals surface area contributed by atoms with Gasteiger partial charge < -0.3 is 10.7 Å². The number of carbonyl (C=O) groups excluding carboxylic acids is 1. The maximum atomic E-state index is 12.8. The molecule has 1 aliphatic heterocycles. The molecule has 0 spiro atoms. The maximum Gasteiger partial charge on any atom is 0.350 e. The summed E-state index contributed by atoms with van der Waals surface area (Å²) < 4.78 is 25.5. The Hall–Kier alpha value is -2.37. The highest BCUT2D eigenvalue weighted by Gasteiger charge is 2.48. The monoisotopic (exact) mass is 341 g/mol. The fourth-order valence-electron chi connectivity index (χ4n) is 2.04. The van der Waals surface area contributed by atoms with E-state index in [0.717, 1.165) is 0 Å². The summed E-state index contributed by atoms with van der Waals surface area (Å²) in [6.07, 6.45) is 0. The number of fused-ring (bicyclic) bond motifs is 1. The molecule has 12 heteroatoms. The standard InChI is InChI=1S/C10H8ClN7O3S/c11-4-1-2-6-5(3-4)8(7(14-6)9(12)19)22(20,21)10(13)15-17-18-16-10/h1-3,14H,13H2,(H2,12,19). The summed E-state index contributed by atoms with van der Waals surface area (Å²) in [6.45, 7) is 0. The Kier molecular flexibility index (Phi) is 3.02. The van der Waals surface area contributed by atoms with Crippen LogP contribution in [0.3, 0.4) is 0 Å². The number of amides is 1. The highest BCUT2D eigenvalue weighted by Crippen LogP contribution is 2.36. The molecule has 2 aromatic rings. The number of H-pyrrole nitrogens is 1. The number of nitrogens with zero attached hydrogens (tertiary/aromatic N) is 4. The van der Waals surface area contributed by atoms with Crippen LogP contribution in [0, 0.1) is 0 Å². The number of primary amides is 1. The van der Waals surface area contributed by atoms with Crippen LogP contribution < -0.4 is 11.5 Å². The molecule has 0 saturated carbocycles. The molecule has 10 nitrogen and oxygen atoms in total. The van der Waals surface area contributed by atoms with Gasteiger partial charge in [0.05, 0.1) is 0 Å². The van der Waals surface area contributed by atoms with Crippen molar-refractivity contribution in [1.82, 2.24) is 4.98 Å². The fraction of sp³-hybridized carbons (Fsp3) is 0.100. The van der Waals surface area contributed by atoms with Crippen LogP contribution in [-0.4, -0.2) is 24.4 Å². The minimum atomic E-state index is -4.45. The van der Waals surface area contributed by atoms with E-state index >= 15 is 0 Å². The third kappa shape index (κ3) is 1.90. The lowest BCUT2D eigenvalue weighted by Gasteiger charge is -2.14. The van der Waals surface area contributed by atoms with Gasteiger partial charge in [0, 0.05) is 15.9 Å². The smallest absolute Gasteiger partial charge is 0.350 e. The number of rotatable bonds is 3. The number of carbonyl (C=O) groups is 1. The number of aromatic nitrogens is 1. The Morgan fingerprint density at radius 1 is 1.27 bits per heavy atom. The van der Waals surface area contributed by atoms with Crippen LogP contribution in [0.25, 0.3) is 10.9 Å². The lowest BCUT2D eigenvalue weighted by atomic mass is 10.2. The van der Waals surface area contributed by atoms with Crippen molar-refractivity contribution < 1.29 is 13.2 Å². The Labute approximate surface area is 128 Å². The number of nitrogens with two attached hydrogens (primary N) is 2. The van der Waals surface area contributed by atoms with Crippen molar-refractivity contribution in [3.63, 3.8) is 0 Å². The van der Waals surface area contributed by atoms with Crippen molar-refractivity contribution in [2.75, 3.05) is 0 Å². The molecule has 1 aliphatic rings. The molecule has 1 aromatic heterocycles. The molecule has 114 valence electrons. The second-order valence-electron chi connectivity index (χ2n) is 4.42. The zero-order chi connectivity index (χ0) is 16.1. The van der Waals surface area contributed by atoms with Crippen molar-refractivity contribution in [2.45, 2.75) is 10.0 Å². The summed E-state index contributed by atoms with van der Waals surface area (Å²) in [7, 11) is -4.45. The summed E-state index contributed by atoms with van der Waals surface area (Å²) in [5, 5.41) is 10.8. The molecule has 2 heterocycles. The summed E-state index contributed by atoms with van der Waals surface area (Å²) >= 11 is 5.88. The van der Waals surface area contributed by atoms with Gasteiger partial charge in [0.1, 0.15) is 10.6 Å². The predicted molar refractivity (Wildman–Crippen MR) is 75.6 cm³/mol. The van der Waals surface area contributed by atoms with Crippen molar-refractivity contribution >= 4 is 38.2 Å². The highest BCUT2D eigenvalue weighted by atomic mass is 35.5. The Morgan fingerprint density at radius 3 is 2.50 bits per heavy atom. The molecular formula is C10H8ClN7O3S. The number of benzene rings is 1. The molecule has 0 atom stereocenters. The van der Waals surface area contributed by atoms with E-state index < -0.39 is 25.8 Å². The van der Waals surface area contributed by atoms with Crippen LogP contribution in [0.4, 0.5) is 0 Å². The first-order valence-electron chi connectivity index (χ1n) is 5.75. The van der Waals surface area contributed by atoms with Crippen LogP contribution in [0.15, 0.2) is 43.8 Å². The van der Waals surface area contributed by atoms with E-state index in [1.165, 1.54) is 18.2 Å². The topological polar surface area (TPSA) is 168 Å². The molecule has 1 aromatic carbocycles. The second kappa shape index (κ2) is 4.56. The molecule has 1 amide bonds. The Morgan fingerprint density at radius 2 is 1.91 bits per heavy atom. The van der Waals surface area contributed by atoms with Gasteiger partial charge in [-0.25, -0.2) is 8.42 Å². The van der Waals surface area contributed by atoms with Crippen LogP contribution in [0.5, 0.6) is 0 Å². The van der Waals surface area contributed by atoms with Crippen molar-refractivity contribution in [2.24, 2.45) is 32.1 Å². The zero-order valence-corrected chi connectivity index (χ0v) is 12.3. The minimum absolute atomic E-state index is 0.142. The molecule has 0 bridgehead atoms. The molecule has 0 aliphatic carbocycles. The van der Waals surface area contributed by atoms with Crippen LogP contribution >= 0.6 is 11.6 Å². The minimum Gasteiger partial charge on any atom is -0.364 e. The number of aromatic amines is 1. The number of hydrogen-bond acceptors (Lipinski definition) is 8. The highest BCUT2D eigenvalue weighted by molar-refractivity contribution is 7.93. The molecule has 0 fully saturated rings. The first-order valence-corrected chi connectivity index (χ1v) is 7.61. The van der Waals surface area contributed by atoms with Gasteiger partial charge in [-0.05, 0) is 28.6 Å². The van der Waals surface area contributed by atoms with Crippen LogP contribution in [-0.2, 0) is 9.84 Å². The van der Waals surface area contributed by atoms with Gasteiger partial charge in [-0.1, -0.05) is 11.6 Å². The van der Waals surface area contributed by atoms with Crippen molar-refractivity contribution in [1.29, 1.82) is 0 Å². The summed E-state index contributed by atoms with van der Waals surface area (Å²) in [5.74, 6) is -0.985. The van der Waals surface area contributed by atoms with Gasteiger partial charge in [-0.15, -0.1) is 10.2 Å². The van der Waals surface area contributed by atoms with Gasteiger partial charge in [-0.3, -0.25) is 10.5 Å². The second-order valence-corrected chi connectivity index (χ2v) is 6.88. The molecule has 0 unspecified atom stereocenters. The van der Waals surface area contributed by atoms with Gasteiger partial charge in [0.25, 0.3) is 5.91 Å². The Bertz CT molecular complexity index is 950. The maximum absolute atomic E-state index is 12.8. The van der Waals surface area contributed by atoms with E-state index in [9.17, 15) is 13.2 Å². The van der Waals surface area contributed by atoms with E-state index in [0.29, 0.717) is 5.52 Å². The largest absolute Gasteiger partial charge is 0.364 e. The van der Waals surface area contributed by atoms with Gasteiger partial charge in [-0.2, -0.15) is 0 Å². The third-order valence-corrected chi connectivity index (χ3v) is 5.19. The van der Waals surface area contributed by atoms with Gasteiger partial charge in [0.15, 0.2) is 0 Å². The molecule has 5 N–H and O–H groups in total. The van der Waals surface area contributed by atoms with E-state index in [2.05, 4.69) is 25.7 Å². The summed E-state index contributed by atoms with van der Waals surface area (Å²) in [4.78, 5) is 13.8. The van der Waals surface area contributed by atoms with E-state index in [1.54, 1.807) is 0 Å². The van der Waals surface area contributed by atoms with Crippen molar-refractivity contribution in [3.05, 3.63) is 28.9 Å². The number of halogens is 1. The normalized spacial score (nSPS) is 16.5. The number of hydrogen-bond donors (Lipinski definition) is 3. The lowest BCUT2D eigenvalue weighted by Crippen LogP contribution is -2.43. The third-order valence-electron chi connectivity index (χ3n) is 3.04. The molecule has 0 radical (unpaired) electrons. The zero-order valence-electron chi connectivity index (χ0n) is 10.7. The van der Waals surface area contributed by atoms with E-state index in [-0.39, 0.29) is 16.1 Å². The molecule has 3 rings (SSSR count). The van der Waals surface area contributed by atoms with Crippen LogP contribution in [0.2, 0.25) is 5.02 Å². The first-order chi connectivity index (χ1) is 10.3. The molecule has 22 heavy (non-hydrogen) atoms. The number of nitrogens with one attached hydrogen (secondary N) is 1. The average molecular weight is 342 g/mol. The lowest BCUT2D eigenvalue weighted by molar-refractivity contribution is 0.0993. The first kappa shape index (κ1) is 14.6. The van der Waals surface area contributed by atoms with E-state index in [1.807, 2.05) is 0 Å². The summed E-state index contributed by atoms with van der Waals surface area (Å²) in [6, 6.07) is 4.39.